The zero-order valence-electron chi connectivity index (χ0n) is 32.8. The predicted octanol–water partition coefficient (Wildman–Crippen LogP) is 14.2. The van der Waals surface area contributed by atoms with Crippen LogP contribution in [-0.2, 0) is 16.2 Å². The normalized spacial score (nSPS) is 29.1. The molecule has 6 aromatic carbocycles. The Labute approximate surface area is 327 Å². The zero-order chi connectivity index (χ0) is 36.9. The monoisotopic (exact) mass is 713 g/mol. The molecule has 0 aliphatic heterocycles. The van der Waals surface area contributed by atoms with E-state index < -0.39 is 0 Å². The topological polar surface area (TPSA) is 3.24 Å². The molecule has 12 rings (SSSR count). The van der Waals surface area contributed by atoms with E-state index in [1.54, 1.807) is 11.1 Å². The largest absolute Gasteiger partial charge is 0.310 e. The summed E-state index contributed by atoms with van der Waals surface area (Å²) in [6.45, 7) is 9.75. The first kappa shape index (κ1) is 32.4. The molecule has 6 aliphatic rings. The van der Waals surface area contributed by atoms with E-state index in [9.17, 15) is 0 Å². The number of rotatable bonds is 5. The molecule has 6 aromatic rings. The average molecular weight is 714 g/mol. The maximum absolute atomic E-state index is 2.64. The van der Waals surface area contributed by atoms with Crippen LogP contribution in [0.25, 0.3) is 33.4 Å². The van der Waals surface area contributed by atoms with Crippen LogP contribution in [-0.4, -0.2) is 0 Å². The second kappa shape index (κ2) is 10.9. The fourth-order valence-corrected chi connectivity index (χ4v) is 14.1. The van der Waals surface area contributed by atoms with Gasteiger partial charge in [0.25, 0.3) is 0 Å². The Hall–Kier alpha value is -4.88. The van der Waals surface area contributed by atoms with Crippen LogP contribution in [0.1, 0.15) is 88.5 Å². The Balaban J connectivity index is 1.000. The summed E-state index contributed by atoms with van der Waals surface area (Å²) in [5.41, 5.74) is 19.3. The van der Waals surface area contributed by atoms with Crippen LogP contribution in [0.3, 0.4) is 0 Å². The second-order valence-electron chi connectivity index (χ2n) is 19.6. The molecule has 4 fully saturated rings. The molecule has 6 atom stereocenters. The number of fused-ring (bicyclic) bond motifs is 9. The first-order valence-electron chi connectivity index (χ1n) is 21.1. The van der Waals surface area contributed by atoms with Crippen LogP contribution >= 0.6 is 0 Å². The number of nitrogens with zero attached hydrogens (tertiary/aromatic N) is 1. The van der Waals surface area contributed by atoms with E-state index in [1.165, 1.54) is 100 Å². The molecule has 6 unspecified atom stereocenters. The van der Waals surface area contributed by atoms with E-state index in [2.05, 4.69) is 172 Å². The molecule has 1 heteroatoms. The highest BCUT2D eigenvalue weighted by molar-refractivity contribution is 5.88. The molecular formula is C54H51N. The lowest BCUT2D eigenvalue weighted by Crippen LogP contribution is -2.73. The van der Waals surface area contributed by atoms with Crippen LogP contribution in [0.15, 0.2) is 140 Å². The van der Waals surface area contributed by atoms with Gasteiger partial charge < -0.3 is 4.90 Å². The van der Waals surface area contributed by atoms with E-state index in [0.29, 0.717) is 5.41 Å². The van der Waals surface area contributed by atoms with Crippen LogP contribution in [0.5, 0.6) is 0 Å². The quantitative estimate of drug-likeness (QED) is 0.172. The molecule has 0 aromatic heterocycles. The summed E-state index contributed by atoms with van der Waals surface area (Å²) in [5, 5.41) is 0. The van der Waals surface area contributed by atoms with Crippen molar-refractivity contribution in [1.82, 2.24) is 0 Å². The van der Waals surface area contributed by atoms with Crippen molar-refractivity contribution in [3.8, 4) is 33.4 Å². The standard InChI is InChI=1S/C54H51N/c1-51(2)27-28-52(3,4)50-42(14-10-16-46(50)51)37-19-23-40(24-20-37)55(39-21-17-36(18-22-39)35-11-6-5-7-12-35)41-25-26-44-43-13-8-9-15-45(43)54(47(44)32-41)48-30-34-29-38-31-49(54)53(38,48)33-34/h5-26,32,34,38,48-49H,27-31,33H2,1-4H3. The van der Waals surface area contributed by atoms with Crippen molar-refractivity contribution < 1.29 is 0 Å². The van der Waals surface area contributed by atoms with Gasteiger partial charge >= 0.3 is 0 Å². The SMILES string of the molecule is CC1(C)CCC(C)(C)c2c(-c3ccc(N(c4ccc(-c5ccccc5)cc4)c4ccc5c(c4)C4(c6ccccc6-5)C5CC6CC7CC4C75C6)cc3)cccc21. The summed E-state index contributed by atoms with van der Waals surface area (Å²) >= 11 is 0. The minimum Gasteiger partial charge on any atom is -0.310 e. The van der Waals surface area contributed by atoms with Crippen molar-refractivity contribution in [2.75, 3.05) is 4.90 Å². The van der Waals surface area contributed by atoms with Gasteiger partial charge in [-0.3, -0.25) is 0 Å². The van der Waals surface area contributed by atoms with E-state index in [4.69, 9.17) is 0 Å². The Bertz CT molecular complexity index is 2520. The fourth-order valence-electron chi connectivity index (χ4n) is 14.1. The summed E-state index contributed by atoms with van der Waals surface area (Å²) in [5.74, 6) is 3.52. The Morgan fingerprint density at radius 2 is 1.07 bits per heavy atom. The zero-order valence-corrected chi connectivity index (χ0v) is 32.8. The maximum Gasteiger partial charge on any atom is 0.0465 e. The van der Waals surface area contributed by atoms with Gasteiger partial charge in [-0.1, -0.05) is 131 Å². The Kier molecular flexibility index (Phi) is 6.42. The van der Waals surface area contributed by atoms with Crippen molar-refractivity contribution in [2.45, 2.75) is 82.5 Å². The van der Waals surface area contributed by atoms with Gasteiger partial charge in [-0.2, -0.15) is 0 Å². The van der Waals surface area contributed by atoms with Gasteiger partial charge in [-0.25, -0.2) is 0 Å². The number of hydrogen-bond acceptors (Lipinski definition) is 1. The molecule has 0 saturated heterocycles. The Morgan fingerprint density at radius 1 is 0.473 bits per heavy atom. The molecule has 6 aliphatic carbocycles. The fraction of sp³-hybridized carbons (Fsp3) is 0.333. The van der Waals surface area contributed by atoms with Gasteiger partial charge in [0.05, 0.1) is 0 Å². The van der Waals surface area contributed by atoms with Gasteiger partial charge in [0, 0.05) is 22.5 Å². The first-order chi connectivity index (χ1) is 26.7. The van der Waals surface area contributed by atoms with E-state index >= 15 is 0 Å². The van der Waals surface area contributed by atoms with Crippen LogP contribution in [0.4, 0.5) is 17.1 Å². The van der Waals surface area contributed by atoms with Gasteiger partial charge in [0.2, 0.25) is 0 Å². The van der Waals surface area contributed by atoms with Crippen molar-refractivity contribution in [2.24, 2.45) is 29.1 Å². The van der Waals surface area contributed by atoms with E-state index in [1.807, 2.05) is 0 Å². The van der Waals surface area contributed by atoms with Gasteiger partial charge in [0.15, 0.2) is 0 Å². The Morgan fingerprint density at radius 3 is 1.84 bits per heavy atom. The molecule has 1 nitrogen and oxygen atoms in total. The minimum absolute atomic E-state index is 0.143. The molecule has 4 saturated carbocycles. The molecule has 2 spiro atoms. The summed E-state index contributed by atoms with van der Waals surface area (Å²) in [6.07, 6.45) is 8.29. The van der Waals surface area contributed by atoms with Crippen molar-refractivity contribution in [3.05, 3.63) is 162 Å². The maximum atomic E-state index is 2.64. The van der Waals surface area contributed by atoms with Crippen LogP contribution in [0.2, 0.25) is 0 Å². The molecule has 0 heterocycles. The number of anilines is 3. The number of benzene rings is 6. The molecule has 0 radical (unpaired) electrons. The highest BCUT2D eigenvalue weighted by atomic mass is 15.1. The van der Waals surface area contributed by atoms with E-state index in [0.717, 1.165) is 23.7 Å². The third kappa shape index (κ3) is 4.10. The first-order valence-corrected chi connectivity index (χ1v) is 21.1. The van der Waals surface area contributed by atoms with Crippen molar-refractivity contribution in [3.63, 3.8) is 0 Å². The molecule has 0 N–H and O–H groups in total. The van der Waals surface area contributed by atoms with Crippen LogP contribution in [0, 0.1) is 29.1 Å². The molecule has 272 valence electrons. The average Bonchev–Trinajstić information content (AvgIpc) is 3.84. The predicted molar refractivity (Wildman–Crippen MR) is 228 cm³/mol. The lowest BCUT2D eigenvalue weighted by molar-refractivity contribution is -0.231. The molecule has 0 amide bonds. The number of hydrogen-bond donors (Lipinski definition) is 0. The smallest absolute Gasteiger partial charge is 0.0465 e. The molecule has 2 bridgehead atoms. The highest BCUT2D eigenvalue weighted by Gasteiger charge is 2.84. The lowest BCUT2D eigenvalue weighted by Gasteiger charge is -2.76. The summed E-state index contributed by atoms with van der Waals surface area (Å²) in [6, 6.07) is 53.6. The van der Waals surface area contributed by atoms with E-state index in [-0.39, 0.29) is 16.2 Å². The van der Waals surface area contributed by atoms with Crippen LogP contribution < -0.4 is 4.90 Å². The van der Waals surface area contributed by atoms with Gasteiger partial charge in [0.1, 0.15) is 0 Å². The minimum atomic E-state index is 0.143. The second-order valence-corrected chi connectivity index (χ2v) is 19.6. The summed E-state index contributed by atoms with van der Waals surface area (Å²) in [4.78, 5) is 2.53. The van der Waals surface area contributed by atoms with Crippen molar-refractivity contribution in [1.29, 1.82) is 0 Å². The summed E-state index contributed by atoms with van der Waals surface area (Å²) < 4.78 is 0. The molecule has 55 heavy (non-hydrogen) atoms. The third-order valence-corrected chi connectivity index (χ3v) is 16.4. The van der Waals surface area contributed by atoms with Gasteiger partial charge in [-0.15, -0.1) is 0 Å². The molecular weight excluding hydrogens is 663 g/mol. The van der Waals surface area contributed by atoms with Crippen molar-refractivity contribution >= 4 is 17.1 Å². The summed E-state index contributed by atoms with van der Waals surface area (Å²) in [7, 11) is 0. The lowest BCUT2D eigenvalue weighted by atomic mass is 9.27. The highest BCUT2D eigenvalue weighted by Crippen LogP contribution is 2.89. The van der Waals surface area contributed by atoms with Gasteiger partial charge in [-0.05, 0) is 170 Å². The third-order valence-electron chi connectivity index (χ3n) is 16.4.